The minimum Gasteiger partial charge on any atom is -0.481 e. The molecular formula is C13H24O2. The highest BCUT2D eigenvalue weighted by atomic mass is 16.4. The van der Waals surface area contributed by atoms with Gasteiger partial charge in [0.25, 0.3) is 0 Å². The van der Waals surface area contributed by atoms with Crippen molar-refractivity contribution in [2.45, 2.75) is 65.2 Å². The maximum absolute atomic E-state index is 11.0. The van der Waals surface area contributed by atoms with Crippen LogP contribution in [-0.4, -0.2) is 11.1 Å². The molecule has 1 N–H and O–H groups in total. The van der Waals surface area contributed by atoms with Gasteiger partial charge in [-0.3, -0.25) is 4.79 Å². The summed E-state index contributed by atoms with van der Waals surface area (Å²) in [7, 11) is 0. The lowest BCUT2D eigenvalue weighted by Crippen LogP contribution is -2.26. The van der Waals surface area contributed by atoms with Crippen LogP contribution < -0.4 is 0 Å². The van der Waals surface area contributed by atoms with E-state index in [1.807, 2.05) is 0 Å². The van der Waals surface area contributed by atoms with Gasteiger partial charge in [-0.1, -0.05) is 39.5 Å². The predicted octanol–water partition coefficient (Wildman–Crippen LogP) is 3.85. The van der Waals surface area contributed by atoms with Crippen LogP contribution in [0.4, 0.5) is 0 Å². The van der Waals surface area contributed by atoms with E-state index in [0.717, 1.165) is 19.3 Å². The molecule has 0 bridgehead atoms. The Morgan fingerprint density at radius 1 is 1.20 bits per heavy atom. The van der Waals surface area contributed by atoms with E-state index in [-0.39, 0.29) is 5.41 Å². The topological polar surface area (TPSA) is 37.3 Å². The fourth-order valence-corrected chi connectivity index (χ4v) is 3.12. The molecule has 0 aromatic carbocycles. The first-order chi connectivity index (χ1) is 7.04. The van der Waals surface area contributed by atoms with Crippen molar-refractivity contribution in [2.24, 2.45) is 11.3 Å². The molecule has 0 spiro atoms. The Morgan fingerprint density at radius 3 is 2.13 bits per heavy atom. The van der Waals surface area contributed by atoms with Crippen LogP contribution in [0, 0.1) is 11.3 Å². The monoisotopic (exact) mass is 212 g/mol. The average Bonchev–Trinajstić information content (AvgIpc) is 2.27. The second-order valence-electron chi connectivity index (χ2n) is 5.58. The van der Waals surface area contributed by atoms with E-state index in [1.165, 1.54) is 25.7 Å². The molecule has 0 heterocycles. The van der Waals surface area contributed by atoms with Crippen LogP contribution in [0.5, 0.6) is 0 Å². The van der Waals surface area contributed by atoms with Gasteiger partial charge in [-0.15, -0.1) is 0 Å². The van der Waals surface area contributed by atoms with Crippen LogP contribution in [-0.2, 0) is 4.79 Å². The summed E-state index contributed by atoms with van der Waals surface area (Å²) >= 11 is 0. The maximum atomic E-state index is 11.0. The highest BCUT2D eigenvalue weighted by Crippen LogP contribution is 2.43. The van der Waals surface area contributed by atoms with E-state index in [0.29, 0.717) is 12.3 Å². The molecule has 1 fully saturated rings. The molecule has 1 saturated carbocycles. The van der Waals surface area contributed by atoms with Crippen LogP contribution in [0.1, 0.15) is 65.2 Å². The van der Waals surface area contributed by atoms with Crippen LogP contribution >= 0.6 is 0 Å². The average molecular weight is 212 g/mol. The molecule has 2 heteroatoms. The molecule has 2 nitrogen and oxygen atoms in total. The molecule has 0 atom stereocenters. The quantitative estimate of drug-likeness (QED) is 0.719. The third kappa shape index (κ3) is 4.23. The molecule has 0 saturated heterocycles. The first-order valence-corrected chi connectivity index (χ1v) is 6.26. The van der Waals surface area contributed by atoms with Crippen molar-refractivity contribution in [3.05, 3.63) is 0 Å². The fourth-order valence-electron chi connectivity index (χ4n) is 3.12. The van der Waals surface area contributed by atoms with Gasteiger partial charge in [-0.2, -0.15) is 0 Å². The highest BCUT2D eigenvalue weighted by Gasteiger charge is 2.33. The largest absolute Gasteiger partial charge is 0.481 e. The van der Waals surface area contributed by atoms with Gasteiger partial charge >= 0.3 is 5.97 Å². The molecule has 1 rings (SSSR count). The van der Waals surface area contributed by atoms with Gasteiger partial charge in [-0.25, -0.2) is 0 Å². The van der Waals surface area contributed by atoms with Crippen molar-refractivity contribution < 1.29 is 9.90 Å². The van der Waals surface area contributed by atoms with Gasteiger partial charge in [0.1, 0.15) is 0 Å². The van der Waals surface area contributed by atoms with E-state index >= 15 is 0 Å². The van der Waals surface area contributed by atoms with Crippen molar-refractivity contribution in [1.29, 1.82) is 0 Å². The lowest BCUT2D eigenvalue weighted by molar-refractivity contribution is -0.140. The fraction of sp³-hybridized carbons (Fsp3) is 0.923. The summed E-state index contributed by atoms with van der Waals surface area (Å²) in [6.45, 7) is 4.41. The molecule has 15 heavy (non-hydrogen) atoms. The summed E-state index contributed by atoms with van der Waals surface area (Å²) in [6, 6.07) is 0. The standard InChI is InChI=1S/C13H24O2/c1-11(2)9-13(10-12(14)15)7-5-3-4-6-8-13/h11H,3-10H2,1-2H3,(H,14,15). The van der Waals surface area contributed by atoms with Gasteiger partial charge in [-0.05, 0) is 30.6 Å². The summed E-state index contributed by atoms with van der Waals surface area (Å²) < 4.78 is 0. The number of carboxylic acids is 1. The Kier molecular flexibility index (Phi) is 4.62. The van der Waals surface area contributed by atoms with Crippen LogP contribution in [0.2, 0.25) is 0 Å². The van der Waals surface area contributed by atoms with Crippen molar-refractivity contribution in [1.82, 2.24) is 0 Å². The van der Waals surface area contributed by atoms with Gasteiger partial charge in [0.05, 0.1) is 6.42 Å². The lowest BCUT2D eigenvalue weighted by Gasteiger charge is -2.33. The molecule has 88 valence electrons. The zero-order valence-corrected chi connectivity index (χ0v) is 10.1. The minimum atomic E-state index is -0.613. The normalized spacial score (nSPS) is 21.3. The Morgan fingerprint density at radius 2 is 1.73 bits per heavy atom. The number of rotatable bonds is 4. The van der Waals surface area contributed by atoms with E-state index in [1.54, 1.807) is 0 Å². The van der Waals surface area contributed by atoms with Crippen molar-refractivity contribution in [3.63, 3.8) is 0 Å². The number of hydrogen-bond donors (Lipinski definition) is 1. The predicted molar refractivity (Wildman–Crippen MR) is 61.8 cm³/mol. The molecular weight excluding hydrogens is 188 g/mol. The summed E-state index contributed by atoms with van der Waals surface area (Å²) in [6.07, 6.45) is 8.73. The van der Waals surface area contributed by atoms with Gasteiger partial charge in [0, 0.05) is 0 Å². The van der Waals surface area contributed by atoms with E-state index in [2.05, 4.69) is 13.8 Å². The Hall–Kier alpha value is -0.530. The second kappa shape index (κ2) is 5.53. The van der Waals surface area contributed by atoms with Crippen molar-refractivity contribution in [3.8, 4) is 0 Å². The van der Waals surface area contributed by atoms with Gasteiger partial charge < -0.3 is 5.11 Å². The van der Waals surface area contributed by atoms with Crippen molar-refractivity contribution in [2.75, 3.05) is 0 Å². The van der Waals surface area contributed by atoms with Crippen LogP contribution in [0.15, 0.2) is 0 Å². The molecule has 0 aliphatic heterocycles. The smallest absolute Gasteiger partial charge is 0.303 e. The lowest BCUT2D eigenvalue weighted by atomic mass is 9.72. The second-order valence-corrected chi connectivity index (χ2v) is 5.58. The first kappa shape index (κ1) is 12.5. The van der Waals surface area contributed by atoms with E-state index in [4.69, 9.17) is 5.11 Å². The van der Waals surface area contributed by atoms with E-state index < -0.39 is 5.97 Å². The molecule has 0 aromatic rings. The number of carbonyl (C=O) groups is 1. The number of aliphatic carboxylic acids is 1. The Bertz CT molecular complexity index is 201. The third-order valence-electron chi connectivity index (χ3n) is 3.53. The summed E-state index contributed by atoms with van der Waals surface area (Å²) in [5, 5.41) is 9.04. The molecule has 1 aliphatic rings. The highest BCUT2D eigenvalue weighted by molar-refractivity contribution is 5.67. The van der Waals surface area contributed by atoms with Gasteiger partial charge in [0.15, 0.2) is 0 Å². The zero-order chi connectivity index (χ0) is 11.3. The first-order valence-electron chi connectivity index (χ1n) is 6.26. The summed E-state index contributed by atoms with van der Waals surface area (Å²) in [4.78, 5) is 11.0. The van der Waals surface area contributed by atoms with Crippen LogP contribution in [0.3, 0.4) is 0 Å². The Labute approximate surface area is 93.1 Å². The van der Waals surface area contributed by atoms with Crippen molar-refractivity contribution >= 4 is 5.97 Å². The zero-order valence-electron chi connectivity index (χ0n) is 10.1. The van der Waals surface area contributed by atoms with Gasteiger partial charge in [0.2, 0.25) is 0 Å². The summed E-state index contributed by atoms with van der Waals surface area (Å²) in [5.74, 6) is 0.000000000000000555. The van der Waals surface area contributed by atoms with Crippen LogP contribution in [0.25, 0.3) is 0 Å². The van der Waals surface area contributed by atoms with E-state index in [9.17, 15) is 4.79 Å². The molecule has 0 aromatic heterocycles. The third-order valence-corrected chi connectivity index (χ3v) is 3.53. The molecule has 0 unspecified atom stereocenters. The number of carboxylic acid groups (broad SMARTS) is 1. The molecule has 1 aliphatic carbocycles. The summed E-state index contributed by atoms with van der Waals surface area (Å²) in [5.41, 5.74) is 0.108. The molecule has 0 radical (unpaired) electrons. The Balaban J connectivity index is 2.67. The SMILES string of the molecule is CC(C)CC1(CC(=O)O)CCCCCC1. The number of hydrogen-bond acceptors (Lipinski definition) is 1. The minimum absolute atomic E-state index is 0.108. The molecule has 0 amide bonds. The maximum Gasteiger partial charge on any atom is 0.303 e.